The van der Waals surface area contributed by atoms with Crippen LogP contribution in [0, 0.1) is 23.2 Å². The van der Waals surface area contributed by atoms with Gasteiger partial charge in [-0.1, -0.05) is 11.2 Å². The van der Waals surface area contributed by atoms with Crippen molar-refractivity contribution in [2.75, 3.05) is 0 Å². The predicted molar refractivity (Wildman–Crippen MR) is 81.9 cm³/mol. The van der Waals surface area contributed by atoms with E-state index in [9.17, 15) is 0 Å². The molecule has 0 saturated heterocycles. The molecule has 4 aliphatic carbocycles. The van der Waals surface area contributed by atoms with Gasteiger partial charge in [0.25, 0.3) is 0 Å². The fraction of sp³-hybridized carbons (Fsp3) is 0.647. The molecule has 4 aliphatic rings. The molecule has 4 fully saturated rings. The van der Waals surface area contributed by atoms with E-state index in [1.807, 2.05) is 6.07 Å². The maximum Gasteiger partial charge on any atom is 0.227 e. The molecule has 21 heavy (non-hydrogen) atoms. The fourth-order valence-corrected chi connectivity index (χ4v) is 6.31. The maximum atomic E-state index is 5.57. The highest BCUT2D eigenvalue weighted by molar-refractivity contribution is 7.13. The first-order chi connectivity index (χ1) is 10.3. The van der Waals surface area contributed by atoms with Crippen LogP contribution in [0.15, 0.2) is 22.0 Å². The molecule has 4 saturated carbocycles. The monoisotopic (exact) mass is 300 g/mol. The molecule has 4 heteroatoms. The van der Waals surface area contributed by atoms with Crippen molar-refractivity contribution < 1.29 is 4.52 Å². The number of nitrogens with zero attached hydrogens (tertiary/aromatic N) is 2. The van der Waals surface area contributed by atoms with Gasteiger partial charge in [-0.2, -0.15) is 4.98 Å². The zero-order valence-electron chi connectivity index (χ0n) is 12.1. The van der Waals surface area contributed by atoms with Crippen LogP contribution in [-0.2, 0) is 6.42 Å². The van der Waals surface area contributed by atoms with E-state index < -0.39 is 0 Å². The molecule has 0 amide bonds. The SMILES string of the molecule is c1csc(-c2noc(CC34CC5CC(CC(C5)C3)C4)n2)c1. The topological polar surface area (TPSA) is 38.9 Å². The van der Waals surface area contributed by atoms with Crippen molar-refractivity contribution in [3.8, 4) is 10.7 Å². The predicted octanol–water partition coefficient (Wildman–Crippen LogP) is 4.56. The number of hydrogen-bond donors (Lipinski definition) is 0. The molecule has 0 radical (unpaired) electrons. The molecule has 0 aromatic carbocycles. The Labute approximate surface area is 128 Å². The molecule has 4 bridgehead atoms. The summed E-state index contributed by atoms with van der Waals surface area (Å²) in [5.74, 6) is 4.58. The van der Waals surface area contributed by atoms with Crippen LogP contribution >= 0.6 is 11.3 Å². The number of rotatable bonds is 3. The minimum atomic E-state index is 0.480. The van der Waals surface area contributed by atoms with Crippen LogP contribution < -0.4 is 0 Å². The van der Waals surface area contributed by atoms with Crippen molar-refractivity contribution in [3.63, 3.8) is 0 Å². The van der Waals surface area contributed by atoms with Gasteiger partial charge in [0.2, 0.25) is 11.7 Å². The summed E-state index contributed by atoms with van der Waals surface area (Å²) in [4.78, 5) is 5.77. The smallest absolute Gasteiger partial charge is 0.227 e. The Kier molecular flexibility index (Phi) is 2.61. The van der Waals surface area contributed by atoms with Crippen molar-refractivity contribution in [2.45, 2.75) is 44.9 Å². The van der Waals surface area contributed by atoms with Gasteiger partial charge in [0.05, 0.1) is 4.88 Å². The molecule has 0 spiro atoms. The number of hydrogen-bond acceptors (Lipinski definition) is 4. The van der Waals surface area contributed by atoms with Crippen LogP contribution in [0.4, 0.5) is 0 Å². The van der Waals surface area contributed by atoms with Gasteiger partial charge in [-0.25, -0.2) is 0 Å². The average molecular weight is 300 g/mol. The Balaban J connectivity index is 1.40. The van der Waals surface area contributed by atoms with Crippen molar-refractivity contribution in [1.82, 2.24) is 10.1 Å². The van der Waals surface area contributed by atoms with E-state index in [1.165, 1.54) is 38.5 Å². The summed E-state index contributed by atoms with van der Waals surface area (Å²) in [5.41, 5.74) is 0.480. The first kappa shape index (κ1) is 12.4. The second-order valence-corrected chi connectivity index (χ2v) is 8.53. The quantitative estimate of drug-likeness (QED) is 0.834. The van der Waals surface area contributed by atoms with E-state index in [-0.39, 0.29) is 0 Å². The lowest BCUT2D eigenvalue weighted by atomic mass is 9.49. The van der Waals surface area contributed by atoms with Crippen molar-refractivity contribution in [1.29, 1.82) is 0 Å². The molecule has 2 aromatic rings. The second-order valence-electron chi connectivity index (χ2n) is 7.58. The van der Waals surface area contributed by atoms with Gasteiger partial charge < -0.3 is 4.52 Å². The minimum Gasteiger partial charge on any atom is -0.339 e. The molecular weight excluding hydrogens is 280 g/mol. The summed E-state index contributed by atoms with van der Waals surface area (Å²) in [6.45, 7) is 0. The molecule has 0 atom stereocenters. The van der Waals surface area contributed by atoms with Crippen molar-refractivity contribution in [2.24, 2.45) is 23.2 Å². The third-order valence-electron chi connectivity index (χ3n) is 5.90. The summed E-state index contributed by atoms with van der Waals surface area (Å²) in [6, 6.07) is 4.10. The fourth-order valence-electron chi connectivity index (χ4n) is 5.66. The third kappa shape index (κ3) is 2.07. The van der Waals surface area contributed by atoms with Crippen LogP contribution in [-0.4, -0.2) is 10.1 Å². The first-order valence-corrected chi connectivity index (χ1v) is 9.02. The van der Waals surface area contributed by atoms with E-state index in [2.05, 4.69) is 21.6 Å². The molecule has 0 N–H and O–H groups in total. The summed E-state index contributed by atoms with van der Waals surface area (Å²) in [7, 11) is 0. The highest BCUT2D eigenvalue weighted by atomic mass is 32.1. The largest absolute Gasteiger partial charge is 0.339 e. The lowest BCUT2D eigenvalue weighted by molar-refractivity contribution is -0.0556. The lowest BCUT2D eigenvalue weighted by Crippen LogP contribution is -2.47. The molecule has 0 aliphatic heterocycles. The van der Waals surface area contributed by atoms with Gasteiger partial charge in [0, 0.05) is 6.42 Å². The lowest BCUT2D eigenvalue weighted by Gasteiger charge is -2.56. The van der Waals surface area contributed by atoms with Crippen LogP contribution in [0.3, 0.4) is 0 Å². The maximum absolute atomic E-state index is 5.57. The van der Waals surface area contributed by atoms with Crippen molar-refractivity contribution >= 4 is 11.3 Å². The van der Waals surface area contributed by atoms with E-state index in [1.54, 1.807) is 11.3 Å². The molecule has 6 rings (SSSR count). The van der Waals surface area contributed by atoms with Crippen molar-refractivity contribution in [3.05, 3.63) is 23.4 Å². The summed E-state index contributed by atoms with van der Waals surface area (Å²) < 4.78 is 5.57. The Hall–Kier alpha value is -1.16. The standard InChI is InChI=1S/C17H20N2OS/c1-2-14(21-3-1)16-18-15(20-19-16)10-17-7-11-4-12(8-17)6-13(5-11)9-17/h1-3,11-13H,4-10H2. The van der Waals surface area contributed by atoms with Gasteiger partial charge >= 0.3 is 0 Å². The molecular formula is C17H20N2OS. The zero-order valence-corrected chi connectivity index (χ0v) is 12.9. The Bertz CT molecular complexity index is 610. The average Bonchev–Trinajstić information content (AvgIpc) is 3.06. The molecule has 0 unspecified atom stereocenters. The summed E-state index contributed by atoms with van der Waals surface area (Å²) in [6.07, 6.45) is 9.67. The Morgan fingerprint density at radius 1 is 1.14 bits per heavy atom. The van der Waals surface area contributed by atoms with Gasteiger partial charge in [-0.3, -0.25) is 0 Å². The molecule has 110 valence electrons. The molecule has 2 heterocycles. The molecule has 3 nitrogen and oxygen atoms in total. The van der Waals surface area contributed by atoms with Gasteiger partial charge in [0.15, 0.2) is 0 Å². The highest BCUT2D eigenvalue weighted by Crippen LogP contribution is 2.60. The first-order valence-electron chi connectivity index (χ1n) is 8.14. The van der Waals surface area contributed by atoms with E-state index >= 15 is 0 Å². The minimum absolute atomic E-state index is 0.480. The van der Waals surface area contributed by atoms with E-state index in [0.717, 1.165) is 40.8 Å². The highest BCUT2D eigenvalue weighted by Gasteiger charge is 2.51. The third-order valence-corrected chi connectivity index (χ3v) is 6.77. The second kappa shape index (κ2) is 4.42. The van der Waals surface area contributed by atoms with Gasteiger partial charge in [-0.15, -0.1) is 11.3 Å². The van der Waals surface area contributed by atoms with E-state index in [0.29, 0.717) is 5.41 Å². The van der Waals surface area contributed by atoms with Crippen LogP contribution in [0.5, 0.6) is 0 Å². The summed E-state index contributed by atoms with van der Waals surface area (Å²) >= 11 is 1.67. The normalized spacial score (nSPS) is 37.2. The zero-order chi connectivity index (χ0) is 13.9. The Morgan fingerprint density at radius 2 is 1.86 bits per heavy atom. The molecule has 2 aromatic heterocycles. The number of aromatic nitrogens is 2. The summed E-state index contributed by atoms with van der Waals surface area (Å²) in [5, 5.41) is 6.24. The number of thiophene rings is 1. The van der Waals surface area contributed by atoms with Gasteiger partial charge in [-0.05, 0) is 73.1 Å². The van der Waals surface area contributed by atoms with Gasteiger partial charge in [0.1, 0.15) is 0 Å². The Morgan fingerprint density at radius 3 is 2.48 bits per heavy atom. The van der Waals surface area contributed by atoms with Crippen LogP contribution in [0.25, 0.3) is 10.7 Å². The van der Waals surface area contributed by atoms with Crippen LogP contribution in [0.2, 0.25) is 0 Å². The van der Waals surface area contributed by atoms with Crippen LogP contribution in [0.1, 0.15) is 44.4 Å². The van der Waals surface area contributed by atoms with E-state index in [4.69, 9.17) is 4.52 Å².